The van der Waals surface area contributed by atoms with Crippen molar-refractivity contribution < 1.29 is 42.9 Å². The number of anilines is 2. The minimum Gasteiger partial charge on any atom is -0.457 e. The van der Waals surface area contributed by atoms with Gasteiger partial charge in [0.05, 0.1) is 62.7 Å². The summed E-state index contributed by atoms with van der Waals surface area (Å²) in [7, 11) is 0. The number of nitrogens with one attached hydrogen (secondary N) is 3. The number of ether oxygens (including phenoxy) is 4. The number of nitrogens with zero attached hydrogens (tertiary/aromatic N) is 6. The van der Waals surface area contributed by atoms with E-state index >= 15 is 0 Å². The van der Waals surface area contributed by atoms with E-state index in [9.17, 15) is 24.0 Å². The molecule has 70 heavy (non-hydrogen) atoms. The molecule has 5 amide bonds. The fourth-order valence-electron chi connectivity index (χ4n) is 9.88. The molecule has 3 aromatic carbocycles. The highest BCUT2D eigenvalue weighted by atomic mass is 16.5. The second-order valence-electron chi connectivity index (χ2n) is 17.9. The van der Waals surface area contributed by atoms with E-state index in [1.807, 2.05) is 42.5 Å². The monoisotopic (exact) mass is 956 g/mol. The molecule has 1 aliphatic carbocycles. The Kier molecular flexibility index (Phi) is 15.7. The number of nitrogen functional groups attached to an aromatic ring is 1. The van der Waals surface area contributed by atoms with E-state index in [0.717, 1.165) is 97.0 Å². The summed E-state index contributed by atoms with van der Waals surface area (Å²) in [6.07, 6.45) is 8.30. The van der Waals surface area contributed by atoms with Gasteiger partial charge in [-0.15, -0.1) is 0 Å². The summed E-state index contributed by atoms with van der Waals surface area (Å²) in [5.41, 5.74) is 9.98. The lowest BCUT2D eigenvalue weighted by molar-refractivity contribution is -0.136. The van der Waals surface area contributed by atoms with Gasteiger partial charge in [0.25, 0.3) is 11.8 Å². The Morgan fingerprint density at radius 1 is 0.729 bits per heavy atom. The van der Waals surface area contributed by atoms with Crippen molar-refractivity contribution >= 4 is 52.1 Å². The molecule has 2 saturated heterocycles. The third kappa shape index (κ3) is 11.3. The molecule has 0 spiro atoms. The lowest BCUT2D eigenvalue weighted by Gasteiger charge is -2.42. The fraction of sp³-hybridized carbons (Fsp3) is 0.431. The normalized spacial score (nSPS) is 19.9. The van der Waals surface area contributed by atoms with E-state index in [4.69, 9.17) is 29.7 Å². The fourth-order valence-corrected chi connectivity index (χ4v) is 9.88. The molecular formula is C51H60N10O9. The van der Waals surface area contributed by atoms with Gasteiger partial charge < -0.3 is 39.9 Å². The average molecular weight is 957 g/mol. The van der Waals surface area contributed by atoms with Gasteiger partial charge in [-0.2, -0.15) is 0 Å². The number of carbonyl (C=O) groups excluding carboxylic acids is 5. The number of carbonyl (C=O) groups is 5. The van der Waals surface area contributed by atoms with Crippen LogP contribution in [0.2, 0.25) is 0 Å². The van der Waals surface area contributed by atoms with Crippen LogP contribution in [-0.4, -0.2) is 156 Å². The van der Waals surface area contributed by atoms with E-state index in [-0.39, 0.29) is 49.6 Å². The molecule has 5 aromatic rings. The maximum absolute atomic E-state index is 13.3. The zero-order chi connectivity index (χ0) is 48.4. The van der Waals surface area contributed by atoms with Crippen molar-refractivity contribution in [1.29, 1.82) is 0 Å². The lowest BCUT2D eigenvalue weighted by atomic mass is 9.89. The highest BCUT2D eigenvalue weighted by Crippen LogP contribution is 2.40. The number of fused-ring (bicyclic) bond motifs is 2. The highest BCUT2D eigenvalue weighted by Gasteiger charge is 2.45. The topological polar surface area (TPSA) is 225 Å². The Bertz CT molecular complexity index is 2650. The maximum atomic E-state index is 13.3. The van der Waals surface area contributed by atoms with Crippen LogP contribution in [0, 0.1) is 0 Å². The molecule has 3 aliphatic heterocycles. The standard InChI is InChI=1S/C51H60N10O9/c52-47-46-40(34-9-15-38(16-10-34)70-37-5-2-1-3-6-37)32-60(48(46)56-33-55-47)36-13-11-35(12-14-36)59-22-20-58(21-23-59)24-26-68-28-30-69-29-27-67-25-19-53-44(63)31-54-41-8-4-7-39-45(41)51(66)61(50(39)65)42-17-18-43(62)57-49(42)64/h1-10,15-16,32-33,35-36,42,54H,11-14,17-31H2,(H,53,63)(H2,52,55,56)(H,57,62,64). The van der Waals surface area contributed by atoms with Crippen LogP contribution in [0.25, 0.3) is 22.2 Å². The van der Waals surface area contributed by atoms with E-state index in [2.05, 4.69) is 53.6 Å². The number of para-hydroxylation sites is 1. The van der Waals surface area contributed by atoms with E-state index in [0.29, 0.717) is 56.6 Å². The van der Waals surface area contributed by atoms with Crippen molar-refractivity contribution in [2.75, 3.05) is 96.5 Å². The van der Waals surface area contributed by atoms with Gasteiger partial charge in [0.2, 0.25) is 17.7 Å². The molecule has 9 rings (SSSR count). The molecule has 1 unspecified atom stereocenters. The summed E-state index contributed by atoms with van der Waals surface area (Å²) in [5, 5.41) is 8.76. The molecule has 1 saturated carbocycles. The number of amides is 5. The molecule has 5 N–H and O–H groups in total. The summed E-state index contributed by atoms with van der Waals surface area (Å²) < 4.78 is 25.5. The van der Waals surface area contributed by atoms with Gasteiger partial charge in [0, 0.05) is 75.2 Å². The van der Waals surface area contributed by atoms with Crippen LogP contribution in [0.4, 0.5) is 11.5 Å². The van der Waals surface area contributed by atoms with Gasteiger partial charge >= 0.3 is 0 Å². The molecule has 19 heteroatoms. The number of piperazine rings is 1. The predicted octanol–water partition coefficient (Wildman–Crippen LogP) is 4.25. The summed E-state index contributed by atoms with van der Waals surface area (Å²) in [6.45, 7) is 7.83. The second kappa shape index (κ2) is 22.8. The quantitative estimate of drug-likeness (QED) is 0.0596. The Balaban J connectivity index is 0.605. The minimum atomic E-state index is -1.07. The number of hydrogen-bond donors (Lipinski definition) is 4. The Morgan fingerprint density at radius 2 is 1.43 bits per heavy atom. The van der Waals surface area contributed by atoms with Crippen LogP contribution in [0.1, 0.15) is 65.3 Å². The van der Waals surface area contributed by atoms with Crippen LogP contribution in [-0.2, 0) is 28.6 Å². The molecule has 3 fully saturated rings. The summed E-state index contributed by atoms with van der Waals surface area (Å²) in [4.78, 5) is 77.9. The van der Waals surface area contributed by atoms with Crippen LogP contribution in [0.15, 0.2) is 85.3 Å². The van der Waals surface area contributed by atoms with Gasteiger partial charge in [-0.3, -0.25) is 44.0 Å². The van der Waals surface area contributed by atoms with Crippen LogP contribution in [0.3, 0.4) is 0 Å². The molecular weight excluding hydrogens is 897 g/mol. The number of piperidine rings is 1. The first-order valence-corrected chi connectivity index (χ1v) is 24.2. The van der Waals surface area contributed by atoms with E-state index < -0.39 is 29.7 Å². The predicted molar refractivity (Wildman–Crippen MR) is 260 cm³/mol. The van der Waals surface area contributed by atoms with Crippen LogP contribution in [0.5, 0.6) is 11.5 Å². The van der Waals surface area contributed by atoms with Crippen molar-refractivity contribution in [3.63, 3.8) is 0 Å². The molecule has 19 nitrogen and oxygen atoms in total. The summed E-state index contributed by atoms with van der Waals surface area (Å²) >= 11 is 0. The number of aromatic nitrogens is 3. The van der Waals surface area contributed by atoms with Crippen LogP contribution < -0.4 is 26.4 Å². The molecule has 4 aliphatic rings. The van der Waals surface area contributed by atoms with Gasteiger partial charge in [-0.1, -0.05) is 36.4 Å². The van der Waals surface area contributed by atoms with Crippen molar-refractivity contribution in [2.24, 2.45) is 0 Å². The largest absolute Gasteiger partial charge is 0.457 e. The molecule has 0 radical (unpaired) electrons. The molecule has 1 atom stereocenters. The molecule has 0 bridgehead atoms. The zero-order valence-corrected chi connectivity index (χ0v) is 39.2. The molecule has 5 heterocycles. The number of hydrogen-bond acceptors (Lipinski definition) is 15. The Hall–Kier alpha value is -6.77. The van der Waals surface area contributed by atoms with Crippen molar-refractivity contribution in [3.8, 4) is 22.6 Å². The van der Waals surface area contributed by atoms with Crippen molar-refractivity contribution in [2.45, 2.75) is 56.7 Å². The highest BCUT2D eigenvalue weighted by molar-refractivity contribution is 6.25. The third-order valence-corrected chi connectivity index (χ3v) is 13.5. The second-order valence-corrected chi connectivity index (χ2v) is 17.9. The van der Waals surface area contributed by atoms with Gasteiger partial charge in [-0.25, -0.2) is 9.97 Å². The van der Waals surface area contributed by atoms with Gasteiger partial charge in [0.1, 0.15) is 35.3 Å². The third-order valence-electron chi connectivity index (χ3n) is 13.5. The number of benzene rings is 3. The van der Waals surface area contributed by atoms with Crippen molar-refractivity contribution in [1.82, 2.24) is 39.9 Å². The first kappa shape index (κ1) is 48.3. The first-order valence-electron chi connectivity index (χ1n) is 24.2. The van der Waals surface area contributed by atoms with Gasteiger partial charge in [0.15, 0.2) is 0 Å². The smallest absolute Gasteiger partial charge is 0.264 e. The first-order chi connectivity index (χ1) is 34.2. The lowest BCUT2D eigenvalue weighted by Crippen LogP contribution is -2.54. The summed E-state index contributed by atoms with van der Waals surface area (Å²) in [5.74, 6) is -0.658. The number of rotatable bonds is 21. The Labute approximate surface area is 406 Å². The Morgan fingerprint density at radius 3 is 2.17 bits per heavy atom. The number of nitrogens with two attached hydrogens (primary N) is 1. The average Bonchev–Trinajstić information content (AvgIpc) is 3.89. The molecule has 2 aromatic heterocycles. The molecule has 368 valence electrons. The van der Waals surface area contributed by atoms with Crippen molar-refractivity contribution in [3.05, 3.63) is 96.4 Å². The van der Waals surface area contributed by atoms with E-state index in [1.165, 1.54) is 6.07 Å². The summed E-state index contributed by atoms with van der Waals surface area (Å²) in [6, 6.07) is 22.4. The SMILES string of the molecule is Nc1ncnc2c1c(-c1ccc(Oc3ccccc3)cc1)cn2C1CCC(N2CCN(CCOCCOCCOCCNC(=O)CNc3cccc4c3C(=O)N(C3CCC(=O)NC3=O)C4=O)CC2)CC1. The van der Waals surface area contributed by atoms with E-state index in [1.54, 1.807) is 18.5 Å². The van der Waals surface area contributed by atoms with Crippen LogP contribution >= 0.6 is 0 Å². The maximum Gasteiger partial charge on any atom is 0.264 e. The van der Waals surface area contributed by atoms with Gasteiger partial charge in [-0.05, 0) is 74.1 Å². The number of imide groups is 2. The zero-order valence-electron chi connectivity index (χ0n) is 39.2. The minimum absolute atomic E-state index is 0.0296.